The Morgan fingerprint density at radius 2 is 1.54 bits per heavy atom. The van der Waals surface area contributed by atoms with E-state index in [1.165, 1.54) is 0 Å². The zero-order valence-corrected chi connectivity index (χ0v) is 14.1. The van der Waals surface area contributed by atoms with E-state index in [0.29, 0.717) is 5.56 Å². The molecule has 0 N–H and O–H groups in total. The molecular formula is C22H18NO. The first-order chi connectivity index (χ1) is 11.5. The molecule has 0 bridgehead atoms. The number of carbonyl (C=O) groups is 1. The van der Waals surface area contributed by atoms with Crippen LogP contribution in [0.5, 0.6) is 0 Å². The van der Waals surface area contributed by atoms with E-state index in [4.69, 9.17) is 0 Å². The van der Waals surface area contributed by atoms with Gasteiger partial charge < -0.3 is 0 Å². The second-order valence-electron chi connectivity index (χ2n) is 6.12. The van der Waals surface area contributed by atoms with Crippen molar-refractivity contribution in [2.24, 2.45) is 0 Å². The molecule has 1 radical (unpaired) electrons. The summed E-state index contributed by atoms with van der Waals surface area (Å²) in [5.41, 5.74) is 4.57. The number of ketones is 1. The van der Waals surface area contributed by atoms with E-state index in [1.807, 2.05) is 69.3 Å². The smallest absolute Gasteiger partial charge is 0.203 e. The first kappa shape index (κ1) is 15.9. The third-order valence-electron chi connectivity index (χ3n) is 4.30. The standard InChI is InChI=1S/C22H18NO/c1-14-11-15(2)21(16(3)12-14)20(13-23)22(24)19-10-6-8-17-7-4-5-9-18(17)19/h4-12H,1-3H3. The largest absolute Gasteiger partial charge is 0.288 e. The molecule has 0 fully saturated rings. The van der Waals surface area contributed by atoms with Crippen molar-refractivity contribution >= 4 is 28.0 Å². The summed E-state index contributed by atoms with van der Waals surface area (Å²) < 4.78 is 0. The van der Waals surface area contributed by atoms with Crippen LogP contribution in [0.15, 0.2) is 54.6 Å². The van der Waals surface area contributed by atoms with Gasteiger partial charge in [0.25, 0.3) is 0 Å². The summed E-state index contributed by atoms with van der Waals surface area (Å²) in [7, 11) is 0. The summed E-state index contributed by atoms with van der Waals surface area (Å²) in [5.74, 6) is 1.93. The van der Waals surface area contributed by atoms with Crippen LogP contribution in [0.25, 0.3) is 16.3 Å². The highest BCUT2D eigenvalue weighted by Crippen LogP contribution is 2.28. The molecule has 0 aliphatic heterocycles. The van der Waals surface area contributed by atoms with Crippen molar-refractivity contribution in [3.63, 3.8) is 0 Å². The summed E-state index contributed by atoms with van der Waals surface area (Å²) in [6.07, 6.45) is 0. The van der Waals surface area contributed by atoms with Gasteiger partial charge in [-0.3, -0.25) is 4.79 Å². The van der Waals surface area contributed by atoms with Crippen LogP contribution >= 0.6 is 0 Å². The summed E-state index contributed by atoms with van der Waals surface area (Å²) in [6.45, 7) is 5.91. The predicted molar refractivity (Wildman–Crippen MR) is 99.5 cm³/mol. The fraction of sp³-hybridized carbons (Fsp3) is 0.136. The number of Topliss-reactive ketones (excluding diaryl/α,β-unsaturated/α-hetero) is 1. The van der Waals surface area contributed by atoms with Gasteiger partial charge in [-0.2, -0.15) is 0 Å². The molecule has 0 aliphatic carbocycles. The van der Waals surface area contributed by atoms with Crippen LogP contribution in [-0.4, -0.2) is 11.7 Å². The summed E-state index contributed by atoms with van der Waals surface area (Å²) in [6, 6.07) is 17.4. The van der Waals surface area contributed by atoms with Gasteiger partial charge in [-0.25, -0.2) is 0 Å². The van der Waals surface area contributed by atoms with Crippen molar-refractivity contribution in [3.8, 4) is 0 Å². The van der Waals surface area contributed by atoms with Crippen LogP contribution in [0.1, 0.15) is 32.6 Å². The van der Waals surface area contributed by atoms with Crippen LogP contribution < -0.4 is 5.41 Å². The number of nitrogens with zero attached hydrogens (tertiary/aromatic N) is 1. The molecule has 2 heteroatoms. The minimum absolute atomic E-state index is 0.210. The Labute approximate surface area is 142 Å². The topological polar surface area (TPSA) is 39.4 Å². The third kappa shape index (κ3) is 2.68. The van der Waals surface area contributed by atoms with Gasteiger partial charge in [0.1, 0.15) is 0 Å². The molecule has 0 heterocycles. The molecule has 24 heavy (non-hydrogen) atoms. The summed E-state index contributed by atoms with van der Waals surface area (Å²) in [4.78, 5) is 13.1. The first-order valence-corrected chi connectivity index (χ1v) is 7.90. The monoisotopic (exact) mass is 312 g/mol. The highest BCUT2D eigenvalue weighted by molar-refractivity contribution is 6.38. The Morgan fingerprint density at radius 1 is 0.917 bits per heavy atom. The molecule has 0 aromatic heterocycles. The minimum atomic E-state index is -0.218. The lowest BCUT2D eigenvalue weighted by Gasteiger charge is -2.13. The summed E-state index contributed by atoms with van der Waals surface area (Å²) in [5, 5.41) is 11.6. The van der Waals surface area contributed by atoms with Gasteiger partial charge >= 0.3 is 0 Å². The number of carbonyl (C=O) groups excluding carboxylic acids is 1. The molecule has 117 valence electrons. The number of hydrogen-bond donors (Lipinski definition) is 0. The number of fused-ring (bicyclic) bond motifs is 1. The van der Waals surface area contributed by atoms with Crippen LogP contribution in [0.4, 0.5) is 0 Å². The normalized spacial score (nSPS) is 10.5. The molecular weight excluding hydrogens is 294 g/mol. The van der Waals surface area contributed by atoms with Gasteiger partial charge in [0.15, 0.2) is 0 Å². The van der Waals surface area contributed by atoms with E-state index < -0.39 is 0 Å². The van der Waals surface area contributed by atoms with Crippen molar-refractivity contribution < 1.29 is 4.79 Å². The molecule has 0 unspecified atom stereocenters. The maximum atomic E-state index is 13.1. The number of benzene rings is 3. The fourth-order valence-electron chi connectivity index (χ4n) is 3.35. The quantitative estimate of drug-likeness (QED) is 0.399. The molecule has 3 aromatic carbocycles. The van der Waals surface area contributed by atoms with E-state index in [2.05, 4.69) is 5.87 Å². The maximum absolute atomic E-state index is 13.1. The predicted octanol–water partition coefficient (Wildman–Crippen LogP) is 4.50. The molecule has 2 nitrogen and oxygen atoms in total. The molecule has 0 atom stereocenters. The lowest BCUT2D eigenvalue weighted by Crippen LogP contribution is -2.08. The van der Waals surface area contributed by atoms with E-state index in [0.717, 1.165) is 33.0 Å². The highest BCUT2D eigenvalue weighted by Gasteiger charge is 2.20. The maximum Gasteiger partial charge on any atom is 0.203 e. The SMILES string of the molecule is Cc1cc(C)c(C(=C=[N])C(=O)c2cccc3ccccc23)c(C)c1. The lowest BCUT2D eigenvalue weighted by atomic mass is 9.88. The number of allylic oxidation sites excluding steroid dienone is 1. The van der Waals surface area contributed by atoms with Crippen molar-refractivity contribution in [2.75, 3.05) is 0 Å². The Morgan fingerprint density at radius 3 is 2.21 bits per heavy atom. The minimum Gasteiger partial charge on any atom is -0.288 e. The fourth-order valence-corrected chi connectivity index (χ4v) is 3.35. The van der Waals surface area contributed by atoms with E-state index in [9.17, 15) is 10.2 Å². The average molecular weight is 312 g/mol. The second kappa shape index (κ2) is 6.27. The van der Waals surface area contributed by atoms with Crippen LogP contribution in [0.2, 0.25) is 0 Å². The number of aryl methyl sites for hydroxylation is 3. The van der Waals surface area contributed by atoms with Gasteiger partial charge in [0.2, 0.25) is 5.78 Å². The molecule has 0 aliphatic rings. The third-order valence-corrected chi connectivity index (χ3v) is 4.30. The van der Waals surface area contributed by atoms with Crippen molar-refractivity contribution in [1.29, 1.82) is 0 Å². The Hall–Kier alpha value is -2.96. The van der Waals surface area contributed by atoms with Gasteiger partial charge in [-0.1, -0.05) is 65.6 Å². The molecule has 3 rings (SSSR count). The van der Waals surface area contributed by atoms with Crippen LogP contribution in [0.3, 0.4) is 0 Å². The first-order valence-electron chi connectivity index (χ1n) is 7.90. The number of hydrogen-bond acceptors (Lipinski definition) is 1. The van der Waals surface area contributed by atoms with Crippen molar-refractivity contribution in [2.45, 2.75) is 20.8 Å². The molecule has 0 spiro atoms. The van der Waals surface area contributed by atoms with Crippen molar-refractivity contribution in [1.82, 2.24) is 5.41 Å². The molecule has 0 saturated carbocycles. The average Bonchev–Trinajstić information content (AvgIpc) is 2.57. The van der Waals surface area contributed by atoms with Crippen LogP contribution in [-0.2, 0) is 0 Å². The van der Waals surface area contributed by atoms with Gasteiger partial charge in [0.05, 0.1) is 5.57 Å². The molecule has 0 saturated heterocycles. The molecule has 0 amide bonds. The lowest BCUT2D eigenvalue weighted by molar-refractivity contribution is 0.105. The second-order valence-corrected chi connectivity index (χ2v) is 6.12. The van der Waals surface area contributed by atoms with E-state index in [-0.39, 0.29) is 11.4 Å². The van der Waals surface area contributed by atoms with Crippen molar-refractivity contribution in [3.05, 3.63) is 82.4 Å². The Balaban J connectivity index is 2.20. The highest BCUT2D eigenvalue weighted by atomic mass is 16.1. The van der Waals surface area contributed by atoms with Gasteiger partial charge in [-0.15, -0.1) is 0 Å². The Kier molecular flexibility index (Phi) is 4.16. The van der Waals surface area contributed by atoms with E-state index in [1.54, 1.807) is 6.07 Å². The zero-order chi connectivity index (χ0) is 17.3. The Bertz CT molecular complexity index is 979. The number of rotatable bonds is 3. The van der Waals surface area contributed by atoms with Crippen LogP contribution in [0, 0.1) is 20.8 Å². The van der Waals surface area contributed by atoms with Gasteiger partial charge in [-0.05, 0) is 42.7 Å². The summed E-state index contributed by atoms with van der Waals surface area (Å²) >= 11 is 0. The zero-order valence-electron chi connectivity index (χ0n) is 14.1. The van der Waals surface area contributed by atoms with Gasteiger partial charge in [0, 0.05) is 17.0 Å². The van der Waals surface area contributed by atoms with E-state index >= 15 is 0 Å². The molecule has 3 aromatic rings.